The summed E-state index contributed by atoms with van der Waals surface area (Å²) in [6.45, 7) is 1.66. The summed E-state index contributed by atoms with van der Waals surface area (Å²) in [7, 11) is -0.716. The van der Waals surface area contributed by atoms with E-state index in [2.05, 4.69) is 31.1 Å². The third-order valence-electron chi connectivity index (χ3n) is 4.49. The van der Waals surface area contributed by atoms with Gasteiger partial charge in [-0.25, -0.2) is 8.42 Å². The molecule has 2 aromatic carbocycles. The van der Waals surface area contributed by atoms with E-state index in [4.69, 9.17) is 14.0 Å². The van der Waals surface area contributed by atoms with Crippen LogP contribution in [-0.2, 0) is 21.2 Å². The van der Waals surface area contributed by atoms with Crippen LogP contribution < -0.4 is 19.5 Å². The highest BCUT2D eigenvalue weighted by molar-refractivity contribution is 9.10. The van der Waals surface area contributed by atoms with Crippen molar-refractivity contribution in [2.45, 2.75) is 24.7 Å². The zero-order chi connectivity index (χ0) is 23.3. The molecule has 1 aromatic heterocycles. The molecule has 0 bridgehead atoms. The molecule has 0 radical (unpaired) electrons. The molecular weight excluding hydrogens is 502 g/mol. The van der Waals surface area contributed by atoms with Crippen molar-refractivity contribution in [2.24, 2.45) is 0 Å². The largest absolute Gasteiger partial charge is 0.493 e. The molecule has 1 amide bonds. The van der Waals surface area contributed by atoms with Crippen LogP contribution in [0.25, 0.3) is 0 Å². The Morgan fingerprint density at radius 2 is 1.75 bits per heavy atom. The van der Waals surface area contributed by atoms with Crippen LogP contribution in [0, 0.1) is 6.92 Å². The Kier molecular flexibility index (Phi) is 7.41. The first kappa shape index (κ1) is 23.6. The normalized spacial score (nSPS) is 11.1. The number of halogens is 1. The van der Waals surface area contributed by atoms with Crippen molar-refractivity contribution in [1.29, 1.82) is 0 Å². The molecule has 11 heteroatoms. The Labute approximate surface area is 194 Å². The quantitative estimate of drug-likeness (QED) is 0.432. The maximum absolute atomic E-state index is 12.4. The number of hydrogen-bond acceptors (Lipinski definition) is 7. The van der Waals surface area contributed by atoms with Crippen LogP contribution in [0.5, 0.6) is 11.5 Å². The Morgan fingerprint density at radius 3 is 2.34 bits per heavy atom. The zero-order valence-corrected chi connectivity index (χ0v) is 20.0. The molecule has 9 nitrogen and oxygen atoms in total. The van der Waals surface area contributed by atoms with Gasteiger partial charge in [0.2, 0.25) is 5.91 Å². The van der Waals surface area contributed by atoms with E-state index in [1.54, 1.807) is 27.2 Å². The molecule has 32 heavy (non-hydrogen) atoms. The van der Waals surface area contributed by atoms with E-state index < -0.39 is 10.0 Å². The molecule has 0 atom stereocenters. The van der Waals surface area contributed by atoms with E-state index in [0.29, 0.717) is 29.4 Å². The molecule has 0 spiro atoms. The van der Waals surface area contributed by atoms with Gasteiger partial charge in [-0.15, -0.1) is 0 Å². The number of amides is 1. The fourth-order valence-electron chi connectivity index (χ4n) is 2.89. The van der Waals surface area contributed by atoms with Gasteiger partial charge in [-0.3, -0.25) is 9.52 Å². The van der Waals surface area contributed by atoms with Gasteiger partial charge in [0.1, 0.15) is 5.76 Å². The van der Waals surface area contributed by atoms with E-state index in [9.17, 15) is 13.2 Å². The maximum Gasteiger partial charge on any atom is 0.263 e. The molecule has 0 aliphatic carbocycles. The predicted octanol–water partition coefficient (Wildman–Crippen LogP) is 4.13. The smallest absolute Gasteiger partial charge is 0.263 e. The number of hydrogen-bond donors (Lipinski definition) is 2. The molecule has 3 aromatic rings. The number of anilines is 2. The first-order chi connectivity index (χ1) is 15.2. The number of rotatable bonds is 9. The van der Waals surface area contributed by atoms with Crippen molar-refractivity contribution in [3.8, 4) is 11.5 Å². The number of benzene rings is 2. The van der Waals surface area contributed by atoms with E-state index >= 15 is 0 Å². The topological polar surface area (TPSA) is 120 Å². The Hall–Kier alpha value is -3.05. The number of carbonyl (C=O) groups excluding carboxylic acids is 1. The highest BCUT2D eigenvalue weighted by Gasteiger charge is 2.17. The van der Waals surface area contributed by atoms with Gasteiger partial charge in [-0.05, 0) is 55.3 Å². The second-order valence-electron chi connectivity index (χ2n) is 6.80. The average Bonchev–Trinajstić information content (AvgIpc) is 3.16. The SMILES string of the molecule is COc1cc(Br)c(CCC(=O)Nc2ccc(S(=O)(=O)Nc3cc(C)on3)cc2)cc1OC. The van der Waals surface area contributed by atoms with E-state index in [1.165, 1.54) is 30.3 Å². The number of nitrogens with zero attached hydrogens (tertiary/aromatic N) is 1. The monoisotopic (exact) mass is 523 g/mol. The van der Waals surface area contributed by atoms with Crippen LogP contribution in [0.2, 0.25) is 0 Å². The lowest BCUT2D eigenvalue weighted by atomic mass is 10.1. The number of sulfonamides is 1. The number of methoxy groups -OCH3 is 2. The van der Waals surface area contributed by atoms with Crippen molar-refractivity contribution in [2.75, 3.05) is 24.3 Å². The van der Waals surface area contributed by atoms with Crippen LogP contribution in [0.15, 0.2) is 56.4 Å². The number of carbonyl (C=O) groups is 1. The van der Waals surface area contributed by atoms with Gasteiger partial charge in [0.15, 0.2) is 17.3 Å². The summed E-state index contributed by atoms with van der Waals surface area (Å²) < 4.78 is 43.4. The van der Waals surface area contributed by atoms with Crippen molar-refractivity contribution in [3.63, 3.8) is 0 Å². The van der Waals surface area contributed by atoms with E-state index in [1.807, 2.05) is 6.07 Å². The molecule has 0 aliphatic rings. The molecular formula is C21H22BrN3O6S. The molecule has 2 N–H and O–H groups in total. The van der Waals surface area contributed by atoms with Gasteiger partial charge in [-0.2, -0.15) is 0 Å². The Bertz CT molecular complexity index is 1210. The van der Waals surface area contributed by atoms with Crippen molar-refractivity contribution in [1.82, 2.24) is 5.16 Å². The van der Waals surface area contributed by atoms with Gasteiger partial charge < -0.3 is 19.3 Å². The van der Waals surface area contributed by atoms with Crippen LogP contribution >= 0.6 is 15.9 Å². The zero-order valence-electron chi connectivity index (χ0n) is 17.6. The van der Waals surface area contributed by atoms with Crippen molar-refractivity contribution >= 4 is 43.4 Å². The summed E-state index contributed by atoms with van der Waals surface area (Å²) >= 11 is 3.48. The third-order valence-corrected chi connectivity index (χ3v) is 6.60. The van der Waals surface area contributed by atoms with Gasteiger partial charge in [0.25, 0.3) is 10.0 Å². The maximum atomic E-state index is 12.4. The molecule has 0 aliphatic heterocycles. The minimum atomic E-state index is -3.82. The molecule has 1 heterocycles. The highest BCUT2D eigenvalue weighted by atomic mass is 79.9. The minimum absolute atomic E-state index is 0.0328. The Morgan fingerprint density at radius 1 is 1.09 bits per heavy atom. The van der Waals surface area contributed by atoms with Crippen molar-refractivity contribution < 1.29 is 27.2 Å². The number of ether oxygens (including phenoxy) is 2. The molecule has 170 valence electrons. The van der Waals surface area contributed by atoms with Gasteiger partial charge in [-0.1, -0.05) is 21.1 Å². The van der Waals surface area contributed by atoms with Gasteiger partial charge in [0, 0.05) is 22.6 Å². The highest BCUT2D eigenvalue weighted by Crippen LogP contribution is 2.33. The fourth-order valence-corrected chi connectivity index (χ4v) is 4.39. The minimum Gasteiger partial charge on any atom is -0.493 e. The van der Waals surface area contributed by atoms with E-state index in [-0.39, 0.29) is 23.0 Å². The number of aromatic nitrogens is 1. The molecule has 3 rings (SSSR count). The van der Waals surface area contributed by atoms with Crippen LogP contribution in [-0.4, -0.2) is 33.7 Å². The second kappa shape index (κ2) is 10.0. The predicted molar refractivity (Wildman–Crippen MR) is 123 cm³/mol. The lowest BCUT2D eigenvalue weighted by Crippen LogP contribution is -2.14. The first-order valence-electron chi connectivity index (χ1n) is 9.48. The van der Waals surface area contributed by atoms with Gasteiger partial charge in [0.05, 0.1) is 19.1 Å². The summed E-state index contributed by atoms with van der Waals surface area (Å²) in [5, 5.41) is 6.38. The lowest BCUT2D eigenvalue weighted by Gasteiger charge is -2.12. The van der Waals surface area contributed by atoms with Gasteiger partial charge >= 0.3 is 0 Å². The average molecular weight is 524 g/mol. The summed E-state index contributed by atoms with van der Waals surface area (Å²) in [5.74, 6) is 1.55. The molecule has 0 fully saturated rings. The lowest BCUT2D eigenvalue weighted by molar-refractivity contribution is -0.116. The Balaban J connectivity index is 1.60. The standard InChI is InChI=1S/C21H22BrN3O6S/c1-13-10-20(24-31-13)25-32(27,28)16-7-5-15(6-8-16)23-21(26)9-4-14-11-18(29-2)19(30-3)12-17(14)22/h5-8,10-12H,4,9H2,1-3H3,(H,23,26)(H,24,25). The molecule has 0 saturated heterocycles. The summed E-state index contributed by atoms with van der Waals surface area (Å²) in [5.41, 5.74) is 1.38. The number of nitrogens with one attached hydrogen (secondary N) is 2. The summed E-state index contributed by atoms with van der Waals surface area (Å²) in [6.07, 6.45) is 0.696. The molecule has 0 unspecified atom stereocenters. The van der Waals surface area contributed by atoms with Crippen molar-refractivity contribution in [3.05, 3.63) is 58.3 Å². The second-order valence-corrected chi connectivity index (χ2v) is 9.34. The van der Waals surface area contributed by atoms with Crippen LogP contribution in [0.4, 0.5) is 11.5 Å². The third kappa shape index (κ3) is 5.80. The number of aryl methyl sites for hydroxylation is 2. The first-order valence-corrected chi connectivity index (χ1v) is 11.8. The molecule has 0 saturated carbocycles. The van der Waals surface area contributed by atoms with E-state index in [0.717, 1.165) is 10.0 Å². The fraction of sp³-hybridized carbons (Fsp3) is 0.238. The van der Waals surface area contributed by atoms with Crippen LogP contribution in [0.1, 0.15) is 17.7 Å². The summed E-state index contributed by atoms with van der Waals surface area (Å²) in [4.78, 5) is 12.4. The van der Waals surface area contributed by atoms with Crippen LogP contribution in [0.3, 0.4) is 0 Å². The summed E-state index contributed by atoms with van der Waals surface area (Å²) in [6, 6.07) is 10.9.